The third-order valence-electron chi connectivity index (χ3n) is 4.77. The minimum atomic E-state index is 0.530. The summed E-state index contributed by atoms with van der Waals surface area (Å²) < 4.78 is 2.38. The molecule has 0 aliphatic carbocycles. The van der Waals surface area contributed by atoms with Crippen molar-refractivity contribution < 1.29 is 0 Å². The number of aromatic nitrogens is 4. The predicted octanol–water partition coefficient (Wildman–Crippen LogP) is 3.23. The van der Waals surface area contributed by atoms with Crippen molar-refractivity contribution in [1.29, 1.82) is 0 Å². The quantitative estimate of drug-likeness (QED) is 0.745. The molecule has 4 heterocycles. The van der Waals surface area contributed by atoms with Crippen molar-refractivity contribution in [2.45, 2.75) is 32.2 Å². The summed E-state index contributed by atoms with van der Waals surface area (Å²) in [6, 6.07) is 4.78. The van der Waals surface area contributed by atoms with Crippen LogP contribution in [-0.4, -0.2) is 32.6 Å². The summed E-state index contributed by atoms with van der Waals surface area (Å²) in [6.45, 7) is 4.12. The average Bonchev–Trinajstić information content (AvgIpc) is 3.06. The van der Waals surface area contributed by atoms with E-state index in [0.29, 0.717) is 6.04 Å². The molecule has 0 saturated carbocycles. The van der Waals surface area contributed by atoms with Crippen LogP contribution in [0.5, 0.6) is 0 Å². The molecule has 3 aromatic heterocycles. The smallest absolute Gasteiger partial charge is 0.225 e. The molecular weight excluding hydrogens is 286 g/mol. The number of fused-ring (bicyclic) bond motifs is 1. The first-order chi connectivity index (χ1) is 11.3. The van der Waals surface area contributed by atoms with Crippen LogP contribution in [0.4, 0.5) is 5.95 Å². The van der Waals surface area contributed by atoms with Gasteiger partial charge in [-0.2, -0.15) is 0 Å². The molecule has 0 bridgehead atoms. The lowest BCUT2D eigenvalue weighted by atomic mass is 10.1. The van der Waals surface area contributed by atoms with Crippen LogP contribution in [0, 0.1) is 0 Å². The van der Waals surface area contributed by atoms with Crippen LogP contribution in [0.3, 0.4) is 0 Å². The van der Waals surface area contributed by atoms with E-state index in [1.165, 1.54) is 16.5 Å². The zero-order valence-corrected chi connectivity index (χ0v) is 13.4. The molecule has 5 heteroatoms. The van der Waals surface area contributed by atoms with Gasteiger partial charge in [-0.1, -0.05) is 6.92 Å². The first-order valence-electron chi connectivity index (χ1n) is 8.31. The van der Waals surface area contributed by atoms with Crippen molar-refractivity contribution in [1.82, 2.24) is 19.5 Å². The van der Waals surface area contributed by atoms with Gasteiger partial charge in [0.2, 0.25) is 5.95 Å². The van der Waals surface area contributed by atoms with Gasteiger partial charge in [-0.25, -0.2) is 9.97 Å². The largest absolute Gasteiger partial charge is 0.343 e. The molecule has 23 heavy (non-hydrogen) atoms. The Kier molecular flexibility index (Phi) is 3.69. The Hall–Kier alpha value is -2.43. The van der Waals surface area contributed by atoms with Gasteiger partial charge in [-0.15, -0.1) is 0 Å². The maximum absolute atomic E-state index is 4.51. The molecule has 0 aromatic carbocycles. The number of hydrogen-bond donors (Lipinski definition) is 0. The van der Waals surface area contributed by atoms with Crippen molar-refractivity contribution in [3.63, 3.8) is 0 Å². The lowest BCUT2D eigenvalue weighted by molar-refractivity contribution is 0.402. The fraction of sp³-hybridized carbons (Fsp3) is 0.389. The molecule has 1 saturated heterocycles. The first kappa shape index (κ1) is 14.2. The molecule has 1 aliphatic rings. The summed E-state index contributed by atoms with van der Waals surface area (Å²) in [5.41, 5.74) is 2.42. The van der Waals surface area contributed by atoms with Gasteiger partial charge in [0.25, 0.3) is 0 Å². The number of aryl methyl sites for hydroxylation is 1. The Labute approximate surface area is 136 Å². The minimum Gasteiger partial charge on any atom is -0.343 e. The van der Waals surface area contributed by atoms with Crippen LogP contribution in [0.1, 0.15) is 31.4 Å². The second-order valence-corrected chi connectivity index (χ2v) is 6.12. The van der Waals surface area contributed by atoms with E-state index >= 15 is 0 Å². The monoisotopic (exact) mass is 307 g/mol. The number of hydrogen-bond acceptors (Lipinski definition) is 4. The van der Waals surface area contributed by atoms with Crippen molar-refractivity contribution in [2.24, 2.45) is 0 Å². The summed E-state index contributed by atoms with van der Waals surface area (Å²) in [5.74, 6) is 0.861. The first-order valence-corrected chi connectivity index (χ1v) is 8.31. The molecule has 0 spiro atoms. The number of nitrogens with zero attached hydrogens (tertiary/aromatic N) is 5. The summed E-state index contributed by atoms with van der Waals surface area (Å²) in [4.78, 5) is 15.6. The summed E-state index contributed by atoms with van der Waals surface area (Å²) in [7, 11) is 0. The molecule has 0 atom stereocenters. The maximum Gasteiger partial charge on any atom is 0.225 e. The molecule has 0 N–H and O–H groups in total. The Morgan fingerprint density at radius 3 is 2.61 bits per heavy atom. The van der Waals surface area contributed by atoms with Gasteiger partial charge in [0.05, 0.1) is 11.7 Å². The third kappa shape index (κ3) is 2.67. The van der Waals surface area contributed by atoms with Crippen molar-refractivity contribution >= 4 is 16.9 Å². The van der Waals surface area contributed by atoms with E-state index in [-0.39, 0.29) is 0 Å². The van der Waals surface area contributed by atoms with Crippen molar-refractivity contribution in [2.75, 3.05) is 18.0 Å². The van der Waals surface area contributed by atoms with Gasteiger partial charge in [0.15, 0.2) is 0 Å². The zero-order chi connectivity index (χ0) is 15.6. The van der Waals surface area contributed by atoms with Crippen LogP contribution in [0.25, 0.3) is 10.9 Å². The van der Waals surface area contributed by atoms with E-state index in [2.05, 4.69) is 49.7 Å². The van der Waals surface area contributed by atoms with E-state index in [1.807, 2.05) is 24.8 Å². The molecular formula is C18H21N5. The summed E-state index contributed by atoms with van der Waals surface area (Å²) in [5, 5.41) is 1.26. The van der Waals surface area contributed by atoms with Crippen LogP contribution < -0.4 is 4.90 Å². The molecule has 0 radical (unpaired) electrons. The fourth-order valence-corrected chi connectivity index (χ4v) is 3.35. The maximum atomic E-state index is 4.51. The topological polar surface area (TPSA) is 46.8 Å². The molecule has 4 rings (SSSR count). The van der Waals surface area contributed by atoms with Gasteiger partial charge < -0.3 is 9.47 Å². The second kappa shape index (κ2) is 5.99. The van der Waals surface area contributed by atoms with Crippen LogP contribution in [0.2, 0.25) is 0 Å². The van der Waals surface area contributed by atoms with E-state index in [0.717, 1.165) is 38.3 Å². The lowest BCUT2D eigenvalue weighted by Crippen LogP contribution is -2.35. The predicted molar refractivity (Wildman–Crippen MR) is 91.6 cm³/mol. The van der Waals surface area contributed by atoms with Crippen LogP contribution in [-0.2, 0) is 6.42 Å². The standard InChI is InChI=1S/C18H21N5/c1-2-14-11-20-18(21-12-14)22-8-5-16(6-9-22)23-10-4-15-3-7-19-13-17(15)23/h3-4,7,10-13,16H,2,5-6,8-9H2,1H3. The second-order valence-electron chi connectivity index (χ2n) is 6.12. The third-order valence-corrected chi connectivity index (χ3v) is 4.77. The number of anilines is 1. The highest BCUT2D eigenvalue weighted by molar-refractivity contribution is 5.79. The number of pyridine rings is 1. The van der Waals surface area contributed by atoms with E-state index < -0.39 is 0 Å². The van der Waals surface area contributed by atoms with Crippen LogP contribution >= 0.6 is 0 Å². The number of rotatable bonds is 3. The molecule has 3 aromatic rings. The van der Waals surface area contributed by atoms with Gasteiger partial charge in [0.1, 0.15) is 0 Å². The Balaban J connectivity index is 1.48. The average molecular weight is 307 g/mol. The summed E-state index contributed by atoms with van der Waals surface area (Å²) in [6.07, 6.45) is 13.1. The minimum absolute atomic E-state index is 0.530. The van der Waals surface area contributed by atoms with Crippen LogP contribution in [0.15, 0.2) is 43.1 Å². The van der Waals surface area contributed by atoms with Gasteiger partial charge in [0, 0.05) is 49.3 Å². The SMILES string of the molecule is CCc1cnc(N2CCC(n3ccc4ccncc43)CC2)nc1. The van der Waals surface area contributed by atoms with E-state index in [1.54, 1.807) is 0 Å². The Bertz CT molecular complexity index is 785. The van der Waals surface area contributed by atoms with Crippen molar-refractivity contribution in [3.05, 3.63) is 48.7 Å². The Morgan fingerprint density at radius 1 is 1.09 bits per heavy atom. The lowest BCUT2D eigenvalue weighted by Gasteiger charge is -2.33. The summed E-state index contributed by atoms with van der Waals surface area (Å²) >= 11 is 0. The molecule has 0 amide bonds. The zero-order valence-electron chi connectivity index (χ0n) is 13.4. The highest BCUT2D eigenvalue weighted by Crippen LogP contribution is 2.28. The molecule has 5 nitrogen and oxygen atoms in total. The van der Waals surface area contributed by atoms with Gasteiger partial charge >= 0.3 is 0 Å². The highest BCUT2D eigenvalue weighted by Gasteiger charge is 2.22. The van der Waals surface area contributed by atoms with Crippen molar-refractivity contribution in [3.8, 4) is 0 Å². The molecule has 0 unspecified atom stereocenters. The van der Waals surface area contributed by atoms with Gasteiger partial charge in [-0.05, 0) is 37.0 Å². The Morgan fingerprint density at radius 2 is 1.87 bits per heavy atom. The highest BCUT2D eigenvalue weighted by atomic mass is 15.3. The van der Waals surface area contributed by atoms with Gasteiger partial charge in [-0.3, -0.25) is 4.98 Å². The molecule has 1 aliphatic heterocycles. The molecule has 118 valence electrons. The van der Waals surface area contributed by atoms with E-state index in [4.69, 9.17) is 0 Å². The molecule has 1 fully saturated rings. The van der Waals surface area contributed by atoms with E-state index in [9.17, 15) is 0 Å². The fourth-order valence-electron chi connectivity index (χ4n) is 3.35. The normalized spacial score (nSPS) is 16.1. The number of piperidine rings is 1.